The number of hydrogen-bond donors (Lipinski definition) is 1. The molecule has 4 nitrogen and oxygen atoms in total. The van der Waals surface area contributed by atoms with Gasteiger partial charge in [0.1, 0.15) is 5.75 Å². The molecule has 0 aliphatic carbocycles. The van der Waals surface area contributed by atoms with Gasteiger partial charge in [-0.05, 0) is 18.7 Å². The second-order valence-electron chi connectivity index (χ2n) is 2.95. The van der Waals surface area contributed by atoms with Crippen LogP contribution in [0.25, 0.3) is 0 Å². The molecule has 1 rings (SSSR count). The highest BCUT2D eigenvalue weighted by Crippen LogP contribution is 2.17. The number of likely N-dealkylation sites (N-methyl/N-ethyl adjacent to an activating group) is 1. The Kier molecular flexibility index (Phi) is 4.35. The maximum atomic E-state index is 5.10. The van der Waals surface area contributed by atoms with Gasteiger partial charge in [0.15, 0.2) is 0 Å². The van der Waals surface area contributed by atoms with Crippen molar-refractivity contribution < 1.29 is 9.47 Å². The van der Waals surface area contributed by atoms with Crippen molar-refractivity contribution in [1.82, 2.24) is 10.3 Å². The highest BCUT2D eigenvalue weighted by atomic mass is 16.5. The normalized spacial score (nSPS) is 12.5. The molecule has 0 saturated heterocycles. The minimum Gasteiger partial charge on any atom is -0.495 e. The van der Waals surface area contributed by atoms with Gasteiger partial charge >= 0.3 is 0 Å². The van der Waals surface area contributed by atoms with Crippen molar-refractivity contribution in [3.05, 3.63) is 24.0 Å². The van der Waals surface area contributed by atoms with Crippen molar-refractivity contribution in [2.45, 2.75) is 6.04 Å². The Morgan fingerprint density at radius 2 is 2.21 bits per heavy atom. The number of rotatable bonds is 5. The van der Waals surface area contributed by atoms with Crippen LogP contribution in [0.5, 0.6) is 5.75 Å². The molecule has 0 spiro atoms. The van der Waals surface area contributed by atoms with E-state index in [9.17, 15) is 0 Å². The van der Waals surface area contributed by atoms with Crippen LogP contribution in [0.3, 0.4) is 0 Å². The molecule has 14 heavy (non-hydrogen) atoms. The van der Waals surface area contributed by atoms with Crippen molar-refractivity contribution >= 4 is 0 Å². The highest BCUT2D eigenvalue weighted by Gasteiger charge is 2.09. The molecule has 0 aliphatic heterocycles. The van der Waals surface area contributed by atoms with Crippen LogP contribution in [0, 0.1) is 0 Å². The van der Waals surface area contributed by atoms with Crippen molar-refractivity contribution in [3.8, 4) is 5.75 Å². The molecule has 1 aromatic heterocycles. The van der Waals surface area contributed by atoms with Gasteiger partial charge in [-0.1, -0.05) is 0 Å². The molecule has 1 aromatic rings. The summed E-state index contributed by atoms with van der Waals surface area (Å²) in [5, 5.41) is 3.15. The van der Waals surface area contributed by atoms with E-state index in [-0.39, 0.29) is 6.04 Å². The van der Waals surface area contributed by atoms with E-state index in [1.807, 2.05) is 19.3 Å². The summed E-state index contributed by atoms with van der Waals surface area (Å²) in [4.78, 5) is 4.09. The van der Waals surface area contributed by atoms with Crippen LogP contribution >= 0.6 is 0 Å². The molecule has 1 unspecified atom stereocenters. The molecule has 1 N–H and O–H groups in total. The number of ether oxygens (including phenoxy) is 2. The lowest BCUT2D eigenvalue weighted by atomic mass is 10.1. The van der Waals surface area contributed by atoms with Gasteiger partial charge in [-0.25, -0.2) is 0 Å². The lowest BCUT2D eigenvalue weighted by molar-refractivity contribution is 0.170. The Morgan fingerprint density at radius 1 is 1.43 bits per heavy atom. The molecular formula is C10H16N2O2. The summed E-state index contributed by atoms with van der Waals surface area (Å²) in [7, 11) is 5.20. The third kappa shape index (κ3) is 2.68. The number of nitrogens with zero attached hydrogens (tertiary/aromatic N) is 1. The Labute approximate surface area is 84.3 Å². The largest absolute Gasteiger partial charge is 0.495 e. The van der Waals surface area contributed by atoms with Crippen LogP contribution < -0.4 is 10.1 Å². The number of aromatic nitrogens is 1. The molecular weight excluding hydrogens is 180 g/mol. The predicted octanol–water partition coefficient (Wildman–Crippen LogP) is 0.997. The van der Waals surface area contributed by atoms with Crippen molar-refractivity contribution in [2.24, 2.45) is 0 Å². The molecule has 0 amide bonds. The molecule has 0 radical (unpaired) electrons. The topological polar surface area (TPSA) is 43.4 Å². The second-order valence-corrected chi connectivity index (χ2v) is 2.95. The molecule has 0 saturated carbocycles. The van der Waals surface area contributed by atoms with Crippen molar-refractivity contribution in [2.75, 3.05) is 27.9 Å². The molecule has 4 heteroatoms. The van der Waals surface area contributed by atoms with Crippen LogP contribution in [-0.4, -0.2) is 32.9 Å². The first-order valence-electron chi connectivity index (χ1n) is 4.47. The monoisotopic (exact) mass is 196 g/mol. The fourth-order valence-corrected chi connectivity index (χ4v) is 1.25. The summed E-state index contributed by atoms with van der Waals surface area (Å²) in [5.41, 5.74) is 1.06. The summed E-state index contributed by atoms with van der Waals surface area (Å²) in [6.45, 7) is 0.616. The molecule has 0 fully saturated rings. The van der Waals surface area contributed by atoms with E-state index in [0.29, 0.717) is 6.61 Å². The van der Waals surface area contributed by atoms with Gasteiger partial charge < -0.3 is 14.8 Å². The summed E-state index contributed by atoms with van der Waals surface area (Å²) in [6.07, 6.45) is 3.49. The second kappa shape index (κ2) is 5.57. The zero-order valence-corrected chi connectivity index (χ0v) is 8.78. The Balaban J connectivity index is 2.80. The lowest BCUT2D eigenvalue weighted by Gasteiger charge is -2.15. The van der Waals surface area contributed by atoms with Gasteiger partial charge in [-0.15, -0.1) is 0 Å². The van der Waals surface area contributed by atoms with E-state index < -0.39 is 0 Å². The van der Waals surface area contributed by atoms with Crippen molar-refractivity contribution in [3.63, 3.8) is 0 Å². The number of hydrogen-bond acceptors (Lipinski definition) is 4. The van der Waals surface area contributed by atoms with Crippen LogP contribution in [-0.2, 0) is 4.74 Å². The molecule has 0 bridgehead atoms. The van der Waals surface area contributed by atoms with E-state index in [0.717, 1.165) is 11.3 Å². The SMILES string of the molecule is CNC(COC)c1cncc(OC)c1. The average Bonchev–Trinajstić information content (AvgIpc) is 2.26. The van der Waals surface area contributed by atoms with E-state index in [2.05, 4.69) is 10.3 Å². The smallest absolute Gasteiger partial charge is 0.137 e. The minimum atomic E-state index is 0.155. The van der Waals surface area contributed by atoms with Gasteiger partial charge in [0.05, 0.1) is 26.0 Å². The summed E-state index contributed by atoms with van der Waals surface area (Å²) in [5.74, 6) is 0.763. The quantitative estimate of drug-likeness (QED) is 0.763. The zero-order valence-electron chi connectivity index (χ0n) is 8.78. The van der Waals surface area contributed by atoms with E-state index >= 15 is 0 Å². The van der Waals surface area contributed by atoms with Gasteiger partial charge in [0.2, 0.25) is 0 Å². The molecule has 0 aromatic carbocycles. The van der Waals surface area contributed by atoms with E-state index in [1.165, 1.54) is 0 Å². The van der Waals surface area contributed by atoms with Gasteiger partial charge in [-0.3, -0.25) is 4.98 Å². The van der Waals surface area contributed by atoms with Crippen molar-refractivity contribution in [1.29, 1.82) is 0 Å². The first-order valence-corrected chi connectivity index (χ1v) is 4.47. The molecule has 78 valence electrons. The van der Waals surface area contributed by atoms with Gasteiger partial charge in [0.25, 0.3) is 0 Å². The third-order valence-electron chi connectivity index (χ3n) is 2.05. The average molecular weight is 196 g/mol. The first-order chi connectivity index (χ1) is 6.81. The Hall–Kier alpha value is -1.13. The maximum Gasteiger partial charge on any atom is 0.137 e. The van der Waals surface area contributed by atoms with E-state index in [1.54, 1.807) is 20.4 Å². The Morgan fingerprint density at radius 3 is 2.79 bits per heavy atom. The summed E-state index contributed by atoms with van der Waals surface area (Å²) < 4.78 is 10.2. The van der Waals surface area contributed by atoms with Crippen LogP contribution in [0.2, 0.25) is 0 Å². The number of methoxy groups -OCH3 is 2. The molecule has 1 atom stereocenters. The fourth-order valence-electron chi connectivity index (χ4n) is 1.25. The van der Waals surface area contributed by atoms with Gasteiger partial charge in [0, 0.05) is 13.3 Å². The molecule has 0 aliphatic rings. The fraction of sp³-hybridized carbons (Fsp3) is 0.500. The number of nitrogens with one attached hydrogen (secondary N) is 1. The highest BCUT2D eigenvalue weighted by molar-refractivity contribution is 5.25. The van der Waals surface area contributed by atoms with Gasteiger partial charge in [-0.2, -0.15) is 0 Å². The minimum absolute atomic E-state index is 0.155. The van der Waals surface area contributed by atoms with Crippen LogP contribution in [0.4, 0.5) is 0 Å². The summed E-state index contributed by atoms with van der Waals surface area (Å²) >= 11 is 0. The zero-order chi connectivity index (χ0) is 10.4. The third-order valence-corrected chi connectivity index (χ3v) is 2.05. The lowest BCUT2D eigenvalue weighted by Crippen LogP contribution is -2.21. The first kappa shape index (κ1) is 10.9. The summed E-state index contributed by atoms with van der Waals surface area (Å²) in [6, 6.07) is 2.11. The Bertz CT molecular complexity index is 279. The number of pyridine rings is 1. The van der Waals surface area contributed by atoms with E-state index in [4.69, 9.17) is 9.47 Å². The van der Waals surface area contributed by atoms with Crippen LogP contribution in [0.15, 0.2) is 18.5 Å². The predicted molar refractivity (Wildman–Crippen MR) is 54.5 cm³/mol. The molecule has 1 heterocycles. The standard InChI is InChI=1S/C10H16N2O2/c1-11-10(7-13-2)8-4-9(14-3)6-12-5-8/h4-6,10-11H,7H2,1-3H3. The maximum absolute atomic E-state index is 5.10. The van der Waals surface area contributed by atoms with Crippen LogP contribution in [0.1, 0.15) is 11.6 Å².